The van der Waals surface area contributed by atoms with Crippen molar-refractivity contribution >= 4 is 56.5 Å². The Balaban J connectivity index is 1.52. The van der Waals surface area contributed by atoms with Crippen LogP contribution in [-0.2, 0) is 17.8 Å². The van der Waals surface area contributed by atoms with Gasteiger partial charge in [-0.3, -0.25) is 14.2 Å². The summed E-state index contributed by atoms with van der Waals surface area (Å²) in [4.78, 5) is 35.5. The second-order valence-corrected chi connectivity index (χ2v) is 10.8. The highest BCUT2D eigenvalue weighted by Gasteiger charge is 2.24. The van der Waals surface area contributed by atoms with E-state index in [2.05, 4.69) is 17.3 Å². The van der Waals surface area contributed by atoms with Crippen LogP contribution in [0.2, 0.25) is 5.02 Å². The highest BCUT2D eigenvalue weighted by molar-refractivity contribution is 7.99. The van der Waals surface area contributed by atoms with Crippen LogP contribution in [0.25, 0.3) is 15.9 Å². The molecule has 6 nitrogen and oxygen atoms in total. The summed E-state index contributed by atoms with van der Waals surface area (Å²) in [5.74, 6) is -0.0514. The monoisotopic (exact) mass is 510 g/mol. The molecule has 0 radical (unpaired) electrons. The molecule has 0 aliphatic carbocycles. The van der Waals surface area contributed by atoms with Gasteiger partial charge in [0.15, 0.2) is 5.16 Å². The average molecular weight is 511 g/mol. The molecule has 174 valence electrons. The molecular weight excluding hydrogens is 488 g/mol. The van der Waals surface area contributed by atoms with Gasteiger partial charge in [-0.05, 0) is 62.4 Å². The largest absolute Gasteiger partial charge is 0.325 e. The summed E-state index contributed by atoms with van der Waals surface area (Å²) < 4.78 is 1.65. The quantitative estimate of drug-likeness (QED) is 0.298. The highest BCUT2D eigenvalue weighted by Crippen LogP contribution is 2.34. The van der Waals surface area contributed by atoms with Crippen molar-refractivity contribution in [2.45, 2.75) is 25.0 Å². The van der Waals surface area contributed by atoms with Gasteiger partial charge >= 0.3 is 0 Å². The number of nitrogens with zero attached hydrogens (tertiary/aromatic N) is 3. The molecule has 1 N–H and O–H groups in total. The van der Waals surface area contributed by atoms with Gasteiger partial charge in [-0.15, -0.1) is 11.3 Å². The third-order valence-electron chi connectivity index (χ3n) is 5.79. The third kappa shape index (κ3) is 4.63. The highest BCUT2D eigenvalue weighted by atomic mass is 35.5. The predicted octanol–water partition coefficient (Wildman–Crippen LogP) is 5.13. The van der Waals surface area contributed by atoms with Crippen LogP contribution >= 0.6 is 34.7 Å². The van der Waals surface area contributed by atoms with Gasteiger partial charge in [-0.2, -0.15) is 0 Å². The number of carbonyl (C=O) groups excluding carboxylic acids is 1. The molecule has 1 amide bonds. The Hall–Kier alpha value is -2.65. The van der Waals surface area contributed by atoms with Crippen molar-refractivity contribution in [2.75, 3.05) is 24.7 Å². The number of anilines is 1. The number of fused-ring (bicyclic) bond motifs is 3. The summed E-state index contributed by atoms with van der Waals surface area (Å²) >= 11 is 8.77. The number of rotatable bonds is 5. The molecule has 0 saturated heterocycles. The normalized spacial score (nSPS) is 13.7. The molecule has 0 bridgehead atoms. The lowest BCUT2D eigenvalue weighted by Gasteiger charge is -2.21. The average Bonchev–Trinajstić information content (AvgIpc) is 3.17. The van der Waals surface area contributed by atoms with Crippen molar-refractivity contribution in [1.82, 2.24) is 14.5 Å². The van der Waals surface area contributed by atoms with Crippen LogP contribution in [0, 0.1) is 6.92 Å². The minimum absolute atomic E-state index is 0.0727. The fourth-order valence-corrected chi connectivity index (χ4v) is 6.31. The van der Waals surface area contributed by atoms with Crippen LogP contribution in [0.4, 0.5) is 5.69 Å². The number of thioether (sulfide) groups is 1. The minimum Gasteiger partial charge on any atom is -0.325 e. The van der Waals surface area contributed by atoms with E-state index in [-0.39, 0.29) is 17.2 Å². The summed E-state index contributed by atoms with van der Waals surface area (Å²) in [6, 6.07) is 14.8. The van der Waals surface area contributed by atoms with Crippen LogP contribution in [0.3, 0.4) is 0 Å². The molecule has 0 saturated carbocycles. The van der Waals surface area contributed by atoms with E-state index in [1.54, 1.807) is 40.2 Å². The zero-order valence-electron chi connectivity index (χ0n) is 18.8. The molecule has 0 unspecified atom stereocenters. The predicted molar refractivity (Wildman–Crippen MR) is 141 cm³/mol. The lowest BCUT2D eigenvalue weighted by Crippen LogP contribution is -2.27. The molecule has 2 aromatic carbocycles. The van der Waals surface area contributed by atoms with Crippen LogP contribution in [0.15, 0.2) is 58.5 Å². The maximum absolute atomic E-state index is 13.8. The van der Waals surface area contributed by atoms with Gasteiger partial charge in [0.2, 0.25) is 5.91 Å². The Bertz CT molecular complexity index is 1430. The van der Waals surface area contributed by atoms with Gasteiger partial charge in [0.1, 0.15) is 4.83 Å². The Morgan fingerprint density at radius 2 is 1.91 bits per heavy atom. The lowest BCUT2D eigenvalue weighted by atomic mass is 10.1. The fraction of sp³-hybridized carbons (Fsp3) is 0.240. The van der Waals surface area contributed by atoms with Crippen molar-refractivity contribution in [2.24, 2.45) is 0 Å². The fourth-order valence-electron chi connectivity index (χ4n) is 4.03. The summed E-state index contributed by atoms with van der Waals surface area (Å²) in [6.45, 7) is 3.76. The van der Waals surface area contributed by atoms with Crippen molar-refractivity contribution in [3.63, 3.8) is 0 Å². The number of aryl methyl sites for hydroxylation is 1. The molecule has 0 spiro atoms. The zero-order valence-corrected chi connectivity index (χ0v) is 21.2. The first kappa shape index (κ1) is 23.1. The van der Waals surface area contributed by atoms with Crippen molar-refractivity contribution in [3.8, 4) is 5.69 Å². The number of likely N-dealkylation sites (N-methyl/N-ethyl adjacent to an activating group) is 1. The summed E-state index contributed by atoms with van der Waals surface area (Å²) in [7, 11) is 2.09. The molecule has 3 heterocycles. The maximum atomic E-state index is 13.8. The number of carbonyl (C=O) groups is 1. The van der Waals surface area contributed by atoms with Gasteiger partial charge in [0, 0.05) is 28.7 Å². The summed E-state index contributed by atoms with van der Waals surface area (Å²) in [5, 5.41) is 4.70. The van der Waals surface area contributed by atoms with Gasteiger partial charge in [0.05, 0.1) is 16.8 Å². The van der Waals surface area contributed by atoms with Crippen molar-refractivity contribution < 1.29 is 4.79 Å². The molecule has 34 heavy (non-hydrogen) atoms. The van der Waals surface area contributed by atoms with E-state index >= 15 is 0 Å². The number of hydrogen-bond donors (Lipinski definition) is 1. The Morgan fingerprint density at radius 3 is 2.65 bits per heavy atom. The number of aromatic nitrogens is 2. The van der Waals surface area contributed by atoms with E-state index in [0.717, 1.165) is 41.2 Å². The van der Waals surface area contributed by atoms with Crippen LogP contribution in [-0.4, -0.2) is 39.7 Å². The number of benzene rings is 2. The van der Waals surface area contributed by atoms with Gasteiger partial charge in [0.25, 0.3) is 5.56 Å². The van der Waals surface area contributed by atoms with E-state index < -0.39 is 0 Å². The smallest absolute Gasteiger partial charge is 0.267 e. The van der Waals surface area contributed by atoms with Gasteiger partial charge < -0.3 is 10.2 Å². The number of nitrogens with one attached hydrogen (secondary N) is 1. The molecule has 0 fully saturated rings. The molecular formula is C25H23ClN4O2S2. The Labute approximate surface area is 210 Å². The van der Waals surface area contributed by atoms with Crippen LogP contribution < -0.4 is 10.9 Å². The van der Waals surface area contributed by atoms with E-state index in [0.29, 0.717) is 21.3 Å². The Kier molecular flexibility index (Phi) is 6.48. The van der Waals surface area contributed by atoms with Crippen molar-refractivity contribution in [3.05, 3.63) is 79.9 Å². The number of amides is 1. The van der Waals surface area contributed by atoms with E-state index in [9.17, 15) is 9.59 Å². The lowest BCUT2D eigenvalue weighted by molar-refractivity contribution is -0.113. The molecule has 4 aromatic rings. The molecule has 1 aliphatic heterocycles. The molecule has 9 heteroatoms. The first-order valence-electron chi connectivity index (χ1n) is 10.9. The SMILES string of the molecule is Cc1ccc(-n2c(SCC(=O)Nc3ccc(Cl)cc3)nc3sc4c(c3c2=O)CCN(C)C4)cc1. The zero-order chi connectivity index (χ0) is 23.8. The number of thiophene rings is 1. The number of halogens is 1. The molecule has 5 rings (SSSR count). The van der Waals surface area contributed by atoms with Crippen LogP contribution in [0.1, 0.15) is 16.0 Å². The minimum atomic E-state index is -0.177. The summed E-state index contributed by atoms with van der Waals surface area (Å²) in [6.07, 6.45) is 0.840. The molecule has 1 aliphatic rings. The first-order valence-corrected chi connectivity index (χ1v) is 13.1. The topological polar surface area (TPSA) is 67.2 Å². The second kappa shape index (κ2) is 9.54. The van der Waals surface area contributed by atoms with Gasteiger partial charge in [-0.1, -0.05) is 41.1 Å². The van der Waals surface area contributed by atoms with Gasteiger partial charge in [-0.25, -0.2) is 4.98 Å². The standard InChI is InChI=1S/C25H23ClN4O2S2/c1-15-3-9-18(10-4-15)30-24(32)22-19-11-12-29(2)13-20(19)34-23(22)28-25(30)33-14-21(31)27-17-7-5-16(26)6-8-17/h3-10H,11-14H2,1-2H3,(H,27,31). The second-order valence-electron chi connectivity index (χ2n) is 8.39. The molecule has 0 atom stereocenters. The number of hydrogen-bond acceptors (Lipinski definition) is 6. The van der Waals surface area contributed by atoms with E-state index in [1.165, 1.54) is 16.6 Å². The van der Waals surface area contributed by atoms with Crippen molar-refractivity contribution in [1.29, 1.82) is 0 Å². The summed E-state index contributed by atoms with van der Waals surface area (Å²) in [5.41, 5.74) is 3.58. The van der Waals surface area contributed by atoms with Crippen LogP contribution in [0.5, 0.6) is 0 Å². The van der Waals surface area contributed by atoms with E-state index in [4.69, 9.17) is 16.6 Å². The maximum Gasteiger partial charge on any atom is 0.267 e. The Morgan fingerprint density at radius 1 is 1.18 bits per heavy atom. The first-order chi connectivity index (χ1) is 16.4. The molecule has 2 aromatic heterocycles. The van der Waals surface area contributed by atoms with E-state index in [1.807, 2.05) is 31.2 Å². The third-order valence-corrected chi connectivity index (χ3v) is 8.09.